The number of carbonyl (C=O) groups excluding carboxylic acids is 1. The van der Waals surface area contributed by atoms with E-state index in [1.165, 1.54) is 4.31 Å². The van der Waals surface area contributed by atoms with Crippen LogP contribution >= 0.6 is 0 Å². The Labute approximate surface area is 178 Å². The van der Waals surface area contributed by atoms with Gasteiger partial charge in [-0.25, -0.2) is 8.42 Å². The SMILES string of the molecule is COc1ccc(OCCCC(=O)N2CCN(S(=O)(=O)c3ccc(C)cc3)CC2)cc1. The fraction of sp³-hybridized carbons (Fsp3) is 0.409. The van der Waals surface area contributed by atoms with E-state index < -0.39 is 10.0 Å². The van der Waals surface area contributed by atoms with Gasteiger partial charge >= 0.3 is 0 Å². The number of sulfonamides is 1. The van der Waals surface area contributed by atoms with Crippen LogP contribution in [0.3, 0.4) is 0 Å². The molecule has 0 unspecified atom stereocenters. The van der Waals surface area contributed by atoms with Crippen LogP contribution in [-0.2, 0) is 14.8 Å². The minimum Gasteiger partial charge on any atom is -0.497 e. The van der Waals surface area contributed by atoms with Gasteiger partial charge < -0.3 is 14.4 Å². The van der Waals surface area contributed by atoms with Gasteiger partial charge in [0.05, 0.1) is 18.6 Å². The Hall–Kier alpha value is -2.58. The molecule has 0 radical (unpaired) electrons. The Morgan fingerprint density at radius 3 is 2.13 bits per heavy atom. The van der Waals surface area contributed by atoms with Gasteiger partial charge in [-0.05, 0) is 49.7 Å². The van der Waals surface area contributed by atoms with Gasteiger partial charge in [-0.3, -0.25) is 4.79 Å². The monoisotopic (exact) mass is 432 g/mol. The Morgan fingerprint density at radius 1 is 0.933 bits per heavy atom. The van der Waals surface area contributed by atoms with E-state index in [4.69, 9.17) is 9.47 Å². The van der Waals surface area contributed by atoms with Crippen LogP contribution in [0.1, 0.15) is 18.4 Å². The van der Waals surface area contributed by atoms with Gasteiger partial charge in [-0.1, -0.05) is 17.7 Å². The normalized spacial score (nSPS) is 15.1. The number of hydrogen-bond acceptors (Lipinski definition) is 5. The molecule has 0 saturated carbocycles. The maximum atomic E-state index is 12.8. The number of amides is 1. The Bertz CT molecular complexity index is 934. The Morgan fingerprint density at radius 2 is 1.53 bits per heavy atom. The first kappa shape index (κ1) is 22.1. The second-order valence-corrected chi connectivity index (χ2v) is 9.16. The number of hydrogen-bond donors (Lipinski definition) is 0. The lowest BCUT2D eigenvalue weighted by atomic mass is 10.2. The third-order valence-electron chi connectivity index (χ3n) is 5.11. The van der Waals surface area contributed by atoms with Crippen molar-refractivity contribution < 1.29 is 22.7 Å². The van der Waals surface area contributed by atoms with Crippen LogP contribution in [0.25, 0.3) is 0 Å². The zero-order valence-electron chi connectivity index (χ0n) is 17.4. The maximum Gasteiger partial charge on any atom is 0.243 e. The number of benzene rings is 2. The van der Waals surface area contributed by atoms with Crippen molar-refractivity contribution in [3.05, 3.63) is 54.1 Å². The molecule has 0 spiro atoms. The summed E-state index contributed by atoms with van der Waals surface area (Å²) in [5.74, 6) is 1.53. The molecule has 1 saturated heterocycles. The predicted octanol–water partition coefficient (Wildman–Crippen LogP) is 2.70. The highest BCUT2D eigenvalue weighted by atomic mass is 32.2. The molecule has 0 N–H and O–H groups in total. The fourth-order valence-corrected chi connectivity index (χ4v) is 4.70. The highest BCUT2D eigenvalue weighted by Gasteiger charge is 2.29. The maximum absolute atomic E-state index is 12.8. The van der Waals surface area contributed by atoms with Crippen molar-refractivity contribution in [2.75, 3.05) is 39.9 Å². The smallest absolute Gasteiger partial charge is 0.243 e. The van der Waals surface area contributed by atoms with E-state index >= 15 is 0 Å². The molecule has 30 heavy (non-hydrogen) atoms. The first-order valence-corrected chi connectivity index (χ1v) is 11.5. The molecule has 1 amide bonds. The topological polar surface area (TPSA) is 76.2 Å². The van der Waals surface area contributed by atoms with Gasteiger partial charge in [0.25, 0.3) is 0 Å². The summed E-state index contributed by atoms with van der Waals surface area (Å²) < 4.78 is 37.7. The summed E-state index contributed by atoms with van der Waals surface area (Å²) in [6.07, 6.45) is 0.980. The van der Waals surface area contributed by atoms with Crippen LogP contribution in [0.15, 0.2) is 53.4 Å². The second-order valence-electron chi connectivity index (χ2n) is 7.23. The van der Waals surface area contributed by atoms with Gasteiger partial charge in [0, 0.05) is 32.6 Å². The molecule has 0 bridgehead atoms. The van der Waals surface area contributed by atoms with E-state index in [1.54, 1.807) is 36.3 Å². The standard InChI is InChI=1S/C22H28N2O5S/c1-18-5-11-21(12-6-18)30(26,27)24-15-13-23(14-16-24)22(25)4-3-17-29-20-9-7-19(28-2)8-10-20/h5-12H,3-4,13-17H2,1-2H3. The van der Waals surface area contributed by atoms with Crippen LogP contribution in [0.2, 0.25) is 0 Å². The van der Waals surface area contributed by atoms with Gasteiger partial charge in [0.15, 0.2) is 0 Å². The molecule has 1 heterocycles. The summed E-state index contributed by atoms with van der Waals surface area (Å²) in [5.41, 5.74) is 1.01. The molecule has 1 aliphatic rings. The van der Waals surface area contributed by atoms with Crippen molar-refractivity contribution in [3.8, 4) is 11.5 Å². The summed E-state index contributed by atoms with van der Waals surface area (Å²) in [6.45, 7) is 3.80. The van der Waals surface area contributed by atoms with Gasteiger partial charge in [-0.15, -0.1) is 0 Å². The molecule has 2 aromatic carbocycles. The van der Waals surface area contributed by atoms with Crippen molar-refractivity contribution in [2.45, 2.75) is 24.7 Å². The molecule has 3 rings (SSSR count). The van der Waals surface area contributed by atoms with Crippen molar-refractivity contribution in [1.29, 1.82) is 0 Å². The highest BCUT2D eigenvalue weighted by Crippen LogP contribution is 2.19. The number of carbonyl (C=O) groups is 1. The van der Waals surface area contributed by atoms with E-state index in [0.717, 1.165) is 17.1 Å². The van der Waals surface area contributed by atoms with E-state index in [0.29, 0.717) is 50.5 Å². The van der Waals surface area contributed by atoms with Crippen molar-refractivity contribution in [1.82, 2.24) is 9.21 Å². The summed E-state index contributed by atoms with van der Waals surface area (Å²) in [4.78, 5) is 14.5. The van der Waals surface area contributed by atoms with E-state index in [-0.39, 0.29) is 5.91 Å². The summed E-state index contributed by atoms with van der Waals surface area (Å²) >= 11 is 0. The average molecular weight is 433 g/mol. The molecule has 162 valence electrons. The number of piperazine rings is 1. The minimum absolute atomic E-state index is 0.0284. The molecule has 1 fully saturated rings. The highest BCUT2D eigenvalue weighted by molar-refractivity contribution is 7.89. The molecule has 0 aromatic heterocycles. The second kappa shape index (κ2) is 9.95. The zero-order valence-corrected chi connectivity index (χ0v) is 18.2. The molecular formula is C22H28N2O5S. The fourth-order valence-electron chi connectivity index (χ4n) is 3.28. The third kappa shape index (κ3) is 5.52. The lowest BCUT2D eigenvalue weighted by molar-refractivity contribution is -0.132. The largest absolute Gasteiger partial charge is 0.497 e. The number of methoxy groups -OCH3 is 1. The number of ether oxygens (including phenoxy) is 2. The van der Waals surface area contributed by atoms with Crippen LogP contribution in [0, 0.1) is 6.92 Å². The van der Waals surface area contributed by atoms with Gasteiger partial charge in [-0.2, -0.15) is 4.31 Å². The number of rotatable bonds is 8. The van der Waals surface area contributed by atoms with E-state index in [9.17, 15) is 13.2 Å². The minimum atomic E-state index is -3.52. The lowest BCUT2D eigenvalue weighted by Gasteiger charge is -2.34. The van der Waals surface area contributed by atoms with Crippen molar-refractivity contribution >= 4 is 15.9 Å². The summed E-state index contributed by atoms with van der Waals surface area (Å²) in [5, 5.41) is 0. The molecule has 8 heteroatoms. The summed E-state index contributed by atoms with van der Waals surface area (Å²) in [7, 11) is -1.91. The van der Waals surface area contributed by atoms with Gasteiger partial charge in [0.1, 0.15) is 11.5 Å². The molecule has 1 aliphatic heterocycles. The van der Waals surface area contributed by atoms with E-state index in [2.05, 4.69) is 0 Å². The first-order valence-electron chi connectivity index (χ1n) is 10.0. The predicted molar refractivity (Wildman–Crippen MR) is 114 cm³/mol. The Kier molecular flexibility index (Phi) is 7.33. The number of nitrogens with zero attached hydrogens (tertiary/aromatic N) is 2. The van der Waals surface area contributed by atoms with Crippen LogP contribution in [0.5, 0.6) is 11.5 Å². The van der Waals surface area contributed by atoms with Crippen LogP contribution in [0.4, 0.5) is 0 Å². The van der Waals surface area contributed by atoms with Crippen LogP contribution in [-0.4, -0.2) is 63.4 Å². The molecular weight excluding hydrogens is 404 g/mol. The molecule has 7 nitrogen and oxygen atoms in total. The van der Waals surface area contributed by atoms with Gasteiger partial charge in [0.2, 0.25) is 15.9 Å². The summed E-state index contributed by atoms with van der Waals surface area (Å²) in [6, 6.07) is 14.1. The lowest BCUT2D eigenvalue weighted by Crippen LogP contribution is -2.50. The van der Waals surface area contributed by atoms with Crippen molar-refractivity contribution in [3.63, 3.8) is 0 Å². The number of aryl methyl sites for hydroxylation is 1. The van der Waals surface area contributed by atoms with Crippen molar-refractivity contribution in [2.24, 2.45) is 0 Å². The molecule has 2 aromatic rings. The average Bonchev–Trinajstić information content (AvgIpc) is 2.77. The van der Waals surface area contributed by atoms with E-state index in [1.807, 2.05) is 31.2 Å². The quantitative estimate of drug-likeness (QED) is 0.600. The molecule has 0 aliphatic carbocycles. The van der Waals surface area contributed by atoms with Crippen LogP contribution < -0.4 is 9.47 Å². The Balaban J connectivity index is 1.42. The third-order valence-corrected chi connectivity index (χ3v) is 7.03. The first-order chi connectivity index (χ1) is 14.4. The zero-order chi connectivity index (χ0) is 21.6. The molecule has 0 atom stereocenters.